The van der Waals surface area contributed by atoms with Crippen LogP contribution in [0, 0.1) is 0 Å². The lowest BCUT2D eigenvalue weighted by Crippen LogP contribution is -1.92. The van der Waals surface area contributed by atoms with Crippen LogP contribution in [0.2, 0.25) is 0 Å². The third-order valence-corrected chi connectivity index (χ3v) is 0.678. The summed E-state index contributed by atoms with van der Waals surface area (Å²) in [5.74, 6) is 3.92. The van der Waals surface area contributed by atoms with E-state index in [1.165, 1.54) is 0 Å². The molecule has 1 nitrogen and oxygen atoms in total. The average Bonchev–Trinajstić information content (AvgIpc) is 1.81. The molecular formula is C6H11BN. The molecule has 2 heteroatoms. The molecule has 1 N–H and O–H groups in total. The number of hydrogen-bond acceptors (Lipinski definition) is 1. The number of nitrogens with one attached hydrogen (secondary N) is 1. The first-order valence-corrected chi connectivity index (χ1v) is 2.70. The molecule has 0 spiro atoms. The molecule has 8 heavy (non-hydrogen) atoms. The topological polar surface area (TPSA) is 12.0 Å². The zero-order valence-corrected chi connectivity index (χ0v) is 5.39. The van der Waals surface area contributed by atoms with Crippen LogP contribution in [0.4, 0.5) is 0 Å². The van der Waals surface area contributed by atoms with Gasteiger partial charge in [-0.1, -0.05) is 0 Å². The van der Waals surface area contributed by atoms with E-state index in [-0.39, 0.29) is 0 Å². The Morgan fingerprint density at radius 3 is 2.62 bits per heavy atom. The summed E-state index contributed by atoms with van der Waals surface area (Å²) < 4.78 is 0. The van der Waals surface area contributed by atoms with Crippen molar-refractivity contribution in [3.8, 4) is 0 Å². The van der Waals surface area contributed by atoms with E-state index in [1.807, 2.05) is 45.5 Å². The summed E-state index contributed by atoms with van der Waals surface area (Å²) in [4.78, 5) is 0. The minimum Gasteiger partial charge on any atom is -0.395 e. The first-order valence-electron chi connectivity index (χ1n) is 2.70. The van der Waals surface area contributed by atoms with Gasteiger partial charge in [-0.2, -0.15) is 0 Å². The Morgan fingerprint density at radius 1 is 1.38 bits per heavy atom. The Labute approximate surface area is 51.7 Å². The van der Waals surface area contributed by atoms with Crippen LogP contribution in [-0.2, 0) is 0 Å². The molecule has 0 aromatic heterocycles. The number of hydrogen-bond donors (Lipinski definition) is 1. The molecule has 0 amide bonds. The van der Waals surface area contributed by atoms with E-state index < -0.39 is 0 Å². The summed E-state index contributed by atoms with van der Waals surface area (Å²) in [5.41, 5.74) is 0. The van der Waals surface area contributed by atoms with Crippen molar-refractivity contribution < 1.29 is 0 Å². The van der Waals surface area contributed by atoms with Gasteiger partial charge >= 0.3 is 0 Å². The van der Waals surface area contributed by atoms with Gasteiger partial charge in [-0.15, -0.1) is 18.0 Å². The normalized spacial score (nSPS) is 10.8. The quantitative estimate of drug-likeness (QED) is 0.530. The molecule has 0 fully saturated rings. The van der Waals surface area contributed by atoms with Gasteiger partial charge in [0.25, 0.3) is 0 Å². The van der Waals surface area contributed by atoms with E-state index in [2.05, 4.69) is 5.32 Å². The van der Waals surface area contributed by atoms with E-state index in [9.17, 15) is 0 Å². The van der Waals surface area contributed by atoms with Crippen molar-refractivity contribution in [2.75, 3.05) is 7.05 Å². The summed E-state index contributed by atoms with van der Waals surface area (Å²) in [7, 11) is 3.84. The third-order valence-electron chi connectivity index (χ3n) is 0.678. The van der Waals surface area contributed by atoms with Crippen molar-refractivity contribution in [1.82, 2.24) is 5.32 Å². The van der Waals surface area contributed by atoms with Crippen molar-refractivity contribution in [1.29, 1.82) is 0 Å². The van der Waals surface area contributed by atoms with Crippen LogP contribution in [0.25, 0.3) is 0 Å². The van der Waals surface area contributed by atoms with E-state index in [0.717, 1.165) is 0 Å². The van der Waals surface area contributed by atoms with Crippen molar-refractivity contribution in [2.45, 2.75) is 6.92 Å². The lowest BCUT2D eigenvalue weighted by atomic mass is 9.79. The molecule has 0 bridgehead atoms. The zero-order valence-electron chi connectivity index (χ0n) is 5.39. The highest BCUT2D eigenvalue weighted by atomic mass is 14.8. The molecule has 0 aliphatic rings. The second kappa shape index (κ2) is 6.34. The van der Waals surface area contributed by atoms with Gasteiger partial charge in [0.1, 0.15) is 0 Å². The van der Waals surface area contributed by atoms with Crippen molar-refractivity contribution >= 4 is 7.28 Å². The summed E-state index contributed by atoms with van der Waals surface area (Å²) in [6, 6.07) is 0. The standard InChI is InChI=1S/C6H11BN/c1-3-4-7-5-6-8-2/h3-6,8H,1-2H3/b4-3+,6-5-. The monoisotopic (exact) mass is 108 g/mol. The van der Waals surface area contributed by atoms with Crippen LogP contribution in [0.5, 0.6) is 0 Å². The average molecular weight is 108 g/mol. The second-order valence-electron chi connectivity index (χ2n) is 1.37. The van der Waals surface area contributed by atoms with Gasteiger partial charge in [0.2, 0.25) is 0 Å². The van der Waals surface area contributed by atoms with Crippen LogP contribution < -0.4 is 5.32 Å². The van der Waals surface area contributed by atoms with E-state index in [4.69, 9.17) is 0 Å². The predicted molar refractivity (Wildman–Crippen MR) is 38.8 cm³/mol. The Morgan fingerprint density at radius 2 is 2.12 bits per heavy atom. The van der Waals surface area contributed by atoms with Crippen LogP contribution in [0.15, 0.2) is 24.2 Å². The molecule has 0 aromatic carbocycles. The number of rotatable bonds is 3. The lowest BCUT2D eigenvalue weighted by molar-refractivity contribution is 1.11. The maximum Gasteiger partial charge on any atom is 0.172 e. The smallest absolute Gasteiger partial charge is 0.172 e. The Balaban J connectivity index is 3.03. The molecule has 0 rings (SSSR count). The van der Waals surface area contributed by atoms with E-state index in [1.54, 1.807) is 0 Å². The van der Waals surface area contributed by atoms with Crippen LogP contribution in [0.1, 0.15) is 6.92 Å². The van der Waals surface area contributed by atoms with Gasteiger partial charge in [0.15, 0.2) is 7.28 Å². The lowest BCUT2D eigenvalue weighted by Gasteiger charge is -1.80. The second-order valence-corrected chi connectivity index (χ2v) is 1.37. The van der Waals surface area contributed by atoms with Crippen molar-refractivity contribution in [3.05, 3.63) is 24.2 Å². The molecule has 0 unspecified atom stereocenters. The van der Waals surface area contributed by atoms with Gasteiger partial charge in [-0.3, -0.25) is 0 Å². The summed E-state index contributed by atoms with van der Waals surface area (Å²) >= 11 is 0. The Bertz CT molecular complexity index is 86.5. The van der Waals surface area contributed by atoms with Gasteiger partial charge in [-0.05, 0) is 13.1 Å². The molecule has 0 heterocycles. The van der Waals surface area contributed by atoms with Crippen LogP contribution in [-0.4, -0.2) is 14.3 Å². The molecule has 0 aliphatic carbocycles. The molecule has 0 saturated carbocycles. The van der Waals surface area contributed by atoms with Crippen LogP contribution in [0.3, 0.4) is 0 Å². The van der Waals surface area contributed by atoms with E-state index >= 15 is 0 Å². The van der Waals surface area contributed by atoms with Gasteiger partial charge in [-0.25, -0.2) is 0 Å². The fourth-order valence-corrected chi connectivity index (χ4v) is 0.327. The van der Waals surface area contributed by atoms with Gasteiger partial charge in [0.05, 0.1) is 0 Å². The molecule has 0 aliphatic heterocycles. The maximum absolute atomic E-state index is 2.88. The van der Waals surface area contributed by atoms with Crippen molar-refractivity contribution in [3.63, 3.8) is 0 Å². The molecule has 0 aromatic rings. The summed E-state index contributed by atoms with van der Waals surface area (Å²) in [6.07, 6.45) is 3.86. The highest BCUT2D eigenvalue weighted by molar-refractivity contribution is 6.48. The molecule has 0 atom stereocenters. The molecule has 43 valence electrons. The fourth-order valence-electron chi connectivity index (χ4n) is 0.327. The number of allylic oxidation sites excluding steroid dienone is 1. The van der Waals surface area contributed by atoms with Crippen molar-refractivity contribution in [2.24, 2.45) is 0 Å². The first kappa shape index (κ1) is 7.34. The minimum absolute atomic E-state index is 1.88. The molecular weight excluding hydrogens is 96.9 g/mol. The maximum atomic E-state index is 2.88. The van der Waals surface area contributed by atoms with Gasteiger partial charge in [0, 0.05) is 7.05 Å². The zero-order chi connectivity index (χ0) is 6.24. The Hall–Kier alpha value is -0.655. The highest BCUT2D eigenvalue weighted by Crippen LogP contribution is 1.68. The first-order chi connectivity index (χ1) is 3.91. The Kier molecular flexibility index (Phi) is 5.83. The summed E-state index contributed by atoms with van der Waals surface area (Å²) in [5, 5.41) is 2.88. The fraction of sp³-hybridized carbons (Fsp3) is 0.333. The SMILES string of the molecule is C/C=C/[B]/C=C\NC. The molecule has 0 saturated heterocycles. The molecule has 1 radical (unpaired) electrons. The highest BCUT2D eigenvalue weighted by Gasteiger charge is 1.68. The minimum atomic E-state index is 1.88. The third kappa shape index (κ3) is 5.34. The van der Waals surface area contributed by atoms with Gasteiger partial charge < -0.3 is 5.32 Å². The van der Waals surface area contributed by atoms with Crippen LogP contribution >= 0.6 is 0 Å². The summed E-state index contributed by atoms with van der Waals surface area (Å²) in [6.45, 7) is 1.99. The van der Waals surface area contributed by atoms with E-state index in [0.29, 0.717) is 0 Å². The largest absolute Gasteiger partial charge is 0.395 e. The predicted octanol–water partition coefficient (Wildman–Crippen LogP) is 0.915.